The molecule has 0 unspecified atom stereocenters. The molecular weight excluding hydrogens is 292 g/mol. The van der Waals surface area contributed by atoms with E-state index in [-0.39, 0.29) is 17.9 Å². The summed E-state index contributed by atoms with van der Waals surface area (Å²) in [7, 11) is 0. The minimum absolute atomic E-state index is 0.0976. The van der Waals surface area contributed by atoms with Crippen molar-refractivity contribution in [1.82, 2.24) is 10.3 Å². The number of nitrogens with zero attached hydrogens (tertiary/aromatic N) is 3. The predicted octanol–water partition coefficient (Wildman–Crippen LogP) is 1.46. The first kappa shape index (κ1) is 15.8. The number of pyridine rings is 1. The fraction of sp³-hybridized carbons (Fsp3) is 0.588. The zero-order chi connectivity index (χ0) is 16.1. The Balaban J connectivity index is 1.49. The van der Waals surface area contributed by atoms with E-state index in [2.05, 4.69) is 15.2 Å². The Morgan fingerprint density at radius 3 is 2.61 bits per heavy atom. The maximum Gasteiger partial charge on any atom is 0.223 e. The highest BCUT2D eigenvalue weighted by Gasteiger charge is 2.27. The van der Waals surface area contributed by atoms with Crippen LogP contribution in [0.1, 0.15) is 31.4 Å². The third kappa shape index (κ3) is 3.99. The summed E-state index contributed by atoms with van der Waals surface area (Å²) >= 11 is 0. The van der Waals surface area contributed by atoms with E-state index in [1.165, 1.54) is 0 Å². The Morgan fingerprint density at radius 2 is 2.00 bits per heavy atom. The van der Waals surface area contributed by atoms with E-state index in [0.717, 1.165) is 57.7 Å². The standard InChI is InChI=1S/C17H22N4O2/c18-11-15-1-2-16(12-19-15)21-7-3-13(4-8-21)17(22)20-14-5-9-23-10-6-14/h1-2,12-14H,3-10H2,(H,20,22). The van der Waals surface area contributed by atoms with Gasteiger partial charge in [0, 0.05) is 38.3 Å². The zero-order valence-electron chi connectivity index (χ0n) is 13.2. The van der Waals surface area contributed by atoms with Crippen molar-refractivity contribution in [3.8, 4) is 6.07 Å². The monoisotopic (exact) mass is 314 g/mol. The lowest BCUT2D eigenvalue weighted by Crippen LogP contribution is -2.45. The van der Waals surface area contributed by atoms with Crippen LogP contribution in [0.25, 0.3) is 0 Å². The number of aromatic nitrogens is 1. The van der Waals surface area contributed by atoms with Crippen LogP contribution in [0.4, 0.5) is 5.69 Å². The van der Waals surface area contributed by atoms with Gasteiger partial charge >= 0.3 is 0 Å². The summed E-state index contributed by atoms with van der Waals surface area (Å²) < 4.78 is 5.32. The summed E-state index contributed by atoms with van der Waals surface area (Å²) in [6, 6.07) is 5.96. The van der Waals surface area contributed by atoms with Crippen molar-refractivity contribution in [2.45, 2.75) is 31.7 Å². The molecule has 23 heavy (non-hydrogen) atoms. The molecule has 122 valence electrons. The number of hydrogen-bond donors (Lipinski definition) is 1. The van der Waals surface area contributed by atoms with Crippen LogP contribution in [0.5, 0.6) is 0 Å². The fourth-order valence-electron chi connectivity index (χ4n) is 3.20. The highest BCUT2D eigenvalue weighted by Crippen LogP contribution is 2.23. The highest BCUT2D eigenvalue weighted by molar-refractivity contribution is 5.79. The minimum atomic E-state index is 0.0976. The molecule has 0 bridgehead atoms. The van der Waals surface area contributed by atoms with E-state index < -0.39 is 0 Å². The topological polar surface area (TPSA) is 78.2 Å². The third-order valence-corrected chi connectivity index (χ3v) is 4.66. The minimum Gasteiger partial charge on any atom is -0.381 e. The van der Waals surface area contributed by atoms with Gasteiger partial charge in [-0.1, -0.05) is 0 Å². The second kappa shape index (κ2) is 7.42. The Morgan fingerprint density at radius 1 is 1.26 bits per heavy atom. The molecule has 2 aliphatic heterocycles. The Labute approximate surface area is 136 Å². The molecule has 0 aliphatic carbocycles. The fourth-order valence-corrected chi connectivity index (χ4v) is 3.20. The number of hydrogen-bond acceptors (Lipinski definition) is 5. The van der Waals surface area contributed by atoms with Crippen LogP contribution in [0.2, 0.25) is 0 Å². The van der Waals surface area contributed by atoms with Gasteiger partial charge in [-0.2, -0.15) is 5.26 Å². The van der Waals surface area contributed by atoms with Crippen molar-refractivity contribution >= 4 is 11.6 Å². The number of carbonyl (C=O) groups excluding carboxylic acids is 1. The number of nitriles is 1. The number of amides is 1. The SMILES string of the molecule is N#Cc1ccc(N2CCC(C(=O)NC3CCOCC3)CC2)cn1. The lowest BCUT2D eigenvalue weighted by molar-refractivity contribution is -0.126. The van der Waals surface area contributed by atoms with Gasteiger partial charge in [-0.05, 0) is 37.8 Å². The maximum atomic E-state index is 12.4. The number of ether oxygens (including phenoxy) is 1. The van der Waals surface area contributed by atoms with Crippen molar-refractivity contribution in [2.24, 2.45) is 5.92 Å². The number of anilines is 1. The van der Waals surface area contributed by atoms with E-state index in [0.29, 0.717) is 5.69 Å². The largest absolute Gasteiger partial charge is 0.381 e. The van der Waals surface area contributed by atoms with E-state index in [1.807, 2.05) is 12.1 Å². The first-order valence-corrected chi connectivity index (χ1v) is 8.25. The van der Waals surface area contributed by atoms with E-state index in [4.69, 9.17) is 10.00 Å². The average molecular weight is 314 g/mol. The summed E-state index contributed by atoms with van der Waals surface area (Å²) in [6.07, 6.45) is 5.29. The van der Waals surface area contributed by atoms with Crippen LogP contribution < -0.4 is 10.2 Å². The van der Waals surface area contributed by atoms with Crippen molar-refractivity contribution < 1.29 is 9.53 Å². The zero-order valence-corrected chi connectivity index (χ0v) is 13.2. The van der Waals surface area contributed by atoms with Crippen molar-refractivity contribution in [3.63, 3.8) is 0 Å². The first-order chi connectivity index (χ1) is 11.3. The normalized spacial score (nSPS) is 20.0. The molecule has 2 fully saturated rings. The molecule has 0 saturated carbocycles. The van der Waals surface area contributed by atoms with Crippen molar-refractivity contribution in [2.75, 3.05) is 31.2 Å². The summed E-state index contributed by atoms with van der Waals surface area (Å²) in [6.45, 7) is 3.18. The summed E-state index contributed by atoms with van der Waals surface area (Å²) in [5.41, 5.74) is 1.45. The van der Waals surface area contributed by atoms with Crippen LogP contribution in [-0.4, -0.2) is 43.2 Å². The molecule has 6 nitrogen and oxygen atoms in total. The summed E-state index contributed by atoms with van der Waals surface area (Å²) in [5.74, 6) is 0.287. The van der Waals surface area contributed by atoms with E-state index >= 15 is 0 Å². The highest BCUT2D eigenvalue weighted by atomic mass is 16.5. The second-order valence-electron chi connectivity index (χ2n) is 6.17. The molecule has 2 aliphatic rings. The average Bonchev–Trinajstić information content (AvgIpc) is 2.63. The molecule has 1 aromatic rings. The van der Waals surface area contributed by atoms with Gasteiger partial charge < -0.3 is 15.0 Å². The molecule has 3 heterocycles. The van der Waals surface area contributed by atoms with E-state index in [1.54, 1.807) is 12.3 Å². The lowest BCUT2D eigenvalue weighted by atomic mass is 9.94. The van der Waals surface area contributed by atoms with Gasteiger partial charge in [-0.25, -0.2) is 4.98 Å². The third-order valence-electron chi connectivity index (χ3n) is 4.66. The molecule has 0 aromatic carbocycles. The number of rotatable bonds is 3. The molecule has 0 radical (unpaired) electrons. The second-order valence-corrected chi connectivity index (χ2v) is 6.17. The van der Waals surface area contributed by atoms with Crippen LogP contribution in [0, 0.1) is 17.2 Å². The van der Waals surface area contributed by atoms with Crippen LogP contribution >= 0.6 is 0 Å². The Kier molecular flexibility index (Phi) is 5.09. The van der Waals surface area contributed by atoms with Crippen molar-refractivity contribution in [3.05, 3.63) is 24.0 Å². The number of nitrogens with one attached hydrogen (secondary N) is 1. The number of piperidine rings is 1. The van der Waals surface area contributed by atoms with Crippen LogP contribution in [-0.2, 0) is 9.53 Å². The van der Waals surface area contributed by atoms with Gasteiger partial charge in [-0.15, -0.1) is 0 Å². The smallest absolute Gasteiger partial charge is 0.223 e. The van der Waals surface area contributed by atoms with Gasteiger partial charge in [0.1, 0.15) is 11.8 Å². The van der Waals surface area contributed by atoms with Crippen LogP contribution in [0.3, 0.4) is 0 Å². The van der Waals surface area contributed by atoms with Gasteiger partial charge in [0.05, 0.1) is 11.9 Å². The number of carbonyl (C=O) groups is 1. The molecule has 1 aromatic heterocycles. The predicted molar refractivity (Wildman–Crippen MR) is 85.9 cm³/mol. The molecule has 1 amide bonds. The maximum absolute atomic E-state index is 12.4. The molecule has 0 spiro atoms. The Hall–Kier alpha value is -2.13. The van der Waals surface area contributed by atoms with Gasteiger partial charge in [0.2, 0.25) is 5.91 Å². The lowest BCUT2D eigenvalue weighted by Gasteiger charge is -2.34. The van der Waals surface area contributed by atoms with Gasteiger partial charge in [0.15, 0.2) is 0 Å². The molecule has 0 atom stereocenters. The van der Waals surface area contributed by atoms with Crippen LogP contribution in [0.15, 0.2) is 18.3 Å². The Bertz CT molecular complexity index is 567. The molecule has 2 saturated heterocycles. The molecule has 3 rings (SSSR count). The molecule has 1 N–H and O–H groups in total. The quantitative estimate of drug-likeness (QED) is 0.914. The van der Waals surface area contributed by atoms with Gasteiger partial charge in [-0.3, -0.25) is 4.79 Å². The van der Waals surface area contributed by atoms with Crippen molar-refractivity contribution in [1.29, 1.82) is 5.26 Å². The summed E-state index contributed by atoms with van der Waals surface area (Å²) in [5, 5.41) is 12.0. The molecular formula is C17H22N4O2. The van der Waals surface area contributed by atoms with Gasteiger partial charge in [0.25, 0.3) is 0 Å². The first-order valence-electron chi connectivity index (χ1n) is 8.25. The summed E-state index contributed by atoms with van der Waals surface area (Å²) in [4.78, 5) is 18.7. The molecule has 6 heteroatoms. The van der Waals surface area contributed by atoms with E-state index in [9.17, 15) is 4.79 Å².